The minimum atomic E-state index is 0.321. The minimum Gasteiger partial charge on any atom is -0.370 e. The van der Waals surface area contributed by atoms with Crippen LogP contribution in [0.4, 0.5) is 11.6 Å². The molecule has 0 saturated carbocycles. The van der Waals surface area contributed by atoms with Crippen LogP contribution in [0.1, 0.15) is 46.4 Å². The van der Waals surface area contributed by atoms with E-state index in [9.17, 15) is 0 Å². The van der Waals surface area contributed by atoms with Crippen molar-refractivity contribution in [3.05, 3.63) is 11.9 Å². The zero-order chi connectivity index (χ0) is 13.6. The second-order valence-electron chi connectivity index (χ2n) is 5.69. The maximum atomic E-state index is 5.41. The topological polar surface area (TPSA) is 75.9 Å². The quantitative estimate of drug-likeness (QED) is 0.535. The first kappa shape index (κ1) is 14.7. The molecule has 0 spiro atoms. The summed E-state index contributed by atoms with van der Waals surface area (Å²) in [5.41, 5.74) is 2.90. The Hall–Kier alpha value is -1.36. The number of rotatable bonds is 6. The molecular weight excluding hydrogens is 226 g/mol. The van der Waals surface area contributed by atoms with Gasteiger partial charge in [-0.25, -0.2) is 15.8 Å². The molecule has 0 aliphatic heterocycles. The Kier molecular flexibility index (Phi) is 5.34. The summed E-state index contributed by atoms with van der Waals surface area (Å²) in [4.78, 5) is 8.78. The summed E-state index contributed by atoms with van der Waals surface area (Å²) in [6, 6.07) is 1.84. The van der Waals surface area contributed by atoms with Gasteiger partial charge in [0, 0.05) is 19.0 Å². The highest BCUT2D eigenvalue weighted by Crippen LogP contribution is 2.19. The van der Waals surface area contributed by atoms with E-state index >= 15 is 0 Å². The third-order valence-corrected chi connectivity index (χ3v) is 2.58. The third-order valence-electron chi connectivity index (χ3n) is 2.58. The number of aromatic nitrogens is 2. The molecule has 1 rings (SSSR count). The summed E-state index contributed by atoms with van der Waals surface area (Å²) in [6.07, 6.45) is 2.98. The van der Waals surface area contributed by atoms with E-state index in [0.29, 0.717) is 11.2 Å². The van der Waals surface area contributed by atoms with Crippen LogP contribution in [0, 0.1) is 5.41 Å². The van der Waals surface area contributed by atoms with Gasteiger partial charge in [0.1, 0.15) is 17.5 Å². The molecule has 102 valence electrons. The van der Waals surface area contributed by atoms with Gasteiger partial charge in [-0.3, -0.25) is 0 Å². The molecule has 0 amide bonds. The number of nitrogens with two attached hydrogens (primary N) is 1. The van der Waals surface area contributed by atoms with Gasteiger partial charge in [-0.15, -0.1) is 0 Å². The van der Waals surface area contributed by atoms with Gasteiger partial charge < -0.3 is 10.7 Å². The molecule has 0 radical (unpaired) electrons. The lowest BCUT2D eigenvalue weighted by Gasteiger charge is -2.18. The Balaban J connectivity index is 2.66. The molecular formula is C13H25N5. The summed E-state index contributed by atoms with van der Waals surface area (Å²) in [7, 11) is 0. The number of hydrogen-bond donors (Lipinski definition) is 3. The first-order valence-corrected chi connectivity index (χ1v) is 6.53. The van der Waals surface area contributed by atoms with Gasteiger partial charge in [-0.05, 0) is 18.3 Å². The molecule has 0 bridgehead atoms. The van der Waals surface area contributed by atoms with E-state index in [1.165, 1.54) is 0 Å². The fraction of sp³-hybridized carbons (Fsp3) is 0.692. The molecule has 0 aromatic carbocycles. The number of nitrogens with zero attached hydrogens (tertiary/aromatic N) is 2. The van der Waals surface area contributed by atoms with E-state index in [1.54, 1.807) is 0 Å². The lowest BCUT2D eigenvalue weighted by Crippen LogP contribution is -2.15. The van der Waals surface area contributed by atoms with Crippen LogP contribution in [-0.2, 0) is 6.42 Å². The van der Waals surface area contributed by atoms with Gasteiger partial charge in [0.15, 0.2) is 0 Å². The van der Waals surface area contributed by atoms with Gasteiger partial charge >= 0.3 is 0 Å². The lowest BCUT2D eigenvalue weighted by atomic mass is 9.92. The summed E-state index contributed by atoms with van der Waals surface area (Å²) >= 11 is 0. The van der Waals surface area contributed by atoms with Crippen LogP contribution in [0.2, 0.25) is 0 Å². The maximum Gasteiger partial charge on any atom is 0.145 e. The highest BCUT2D eigenvalue weighted by Gasteiger charge is 2.10. The van der Waals surface area contributed by atoms with Gasteiger partial charge in [0.05, 0.1) is 0 Å². The molecule has 0 atom stereocenters. The second-order valence-corrected chi connectivity index (χ2v) is 5.69. The van der Waals surface area contributed by atoms with E-state index in [2.05, 4.69) is 48.4 Å². The van der Waals surface area contributed by atoms with Crippen molar-refractivity contribution in [2.24, 2.45) is 11.3 Å². The average Bonchev–Trinajstić information content (AvgIpc) is 2.27. The summed E-state index contributed by atoms with van der Waals surface area (Å²) in [6.45, 7) is 9.69. The Morgan fingerprint density at radius 1 is 1.22 bits per heavy atom. The first-order valence-electron chi connectivity index (χ1n) is 6.53. The molecule has 0 fully saturated rings. The van der Waals surface area contributed by atoms with E-state index < -0.39 is 0 Å². The largest absolute Gasteiger partial charge is 0.370 e. The van der Waals surface area contributed by atoms with Crippen molar-refractivity contribution in [2.45, 2.75) is 47.0 Å². The number of hydrazine groups is 1. The smallest absolute Gasteiger partial charge is 0.145 e. The van der Waals surface area contributed by atoms with Crippen molar-refractivity contribution in [1.82, 2.24) is 9.97 Å². The van der Waals surface area contributed by atoms with Crippen LogP contribution < -0.4 is 16.6 Å². The molecule has 18 heavy (non-hydrogen) atoms. The number of hydrogen-bond acceptors (Lipinski definition) is 5. The molecule has 5 heteroatoms. The number of aryl methyl sites for hydroxylation is 1. The average molecular weight is 251 g/mol. The molecule has 0 unspecified atom stereocenters. The van der Waals surface area contributed by atoms with E-state index in [0.717, 1.165) is 37.4 Å². The predicted octanol–water partition coefficient (Wildman–Crippen LogP) is 2.56. The van der Waals surface area contributed by atoms with E-state index in [4.69, 9.17) is 5.84 Å². The van der Waals surface area contributed by atoms with Crippen LogP contribution in [0.5, 0.6) is 0 Å². The highest BCUT2D eigenvalue weighted by molar-refractivity contribution is 5.46. The third kappa shape index (κ3) is 5.31. The standard InChI is InChI=1S/C13H25N5/c1-5-6-10-16-11(9-12(17-10)18-14)15-8-7-13(2,3)4/h9H,5-8,14H2,1-4H3,(H2,15,16,17,18). The fourth-order valence-corrected chi connectivity index (χ4v) is 1.56. The Labute approximate surface area is 110 Å². The summed E-state index contributed by atoms with van der Waals surface area (Å²) in [5, 5.41) is 3.33. The zero-order valence-corrected chi connectivity index (χ0v) is 11.9. The number of anilines is 2. The van der Waals surface area contributed by atoms with Crippen LogP contribution in [-0.4, -0.2) is 16.5 Å². The number of nitrogens with one attached hydrogen (secondary N) is 2. The molecule has 1 heterocycles. The molecule has 4 N–H and O–H groups in total. The predicted molar refractivity (Wildman–Crippen MR) is 76.4 cm³/mol. The van der Waals surface area contributed by atoms with Gasteiger partial charge in [-0.1, -0.05) is 27.7 Å². The normalized spacial score (nSPS) is 11.4. The van der Waals surface area contributed by atoms with Crippen LogP contribution in [0.25, 0.3) is 0 Å². The van der Waals surface area contributed by atoms with Crippen LogP contribution in [0.15, 0.2) is 6.07 Å². The molecule has 0 saturated heterocycles. The van der Waals surface area contributed by atoms with Crippen molar-refractivity contribution in [1.29, 1.82) is 0 Å². The van der Waals surface area contributed by atoms with Crippen molar-refractivity contribution in [3.8, 4) is 0 Å². The molecule has 1 aromatic heterocycles. The van der Waals surface area contributed by atoms with Crippen molar-refractivity contribution >= 4 is 11.6 Å². The second kappa shape index (κ2) is 6.54. The molecule has 5 nitrogen and oxygen atoms in total. The van der Waals surface area contributed by atoms with E-state index in [-0.39, 0.29) is 0 Å². The minimum absolute atomic E-state index is 0.321. The molecule has 1 aromatic rings. The SMILES string of the molecule is CCCc1nc(NN)cc(NCCC(C)(C)C)n1. The first-order chi connectivity index (χ1) is 8.44. The number of nitrogen functional groups attached to an aromatic ring is 1. The van der Waals surface area contributed by atoms with Crippen molar-refractivity contribution in [3.63, 3.8) is 0 Å². The Morgan fingerprint density at radius 2 is 1.89 bits per heavy atom. The van der Waals surface area contributed by atoms with E-state index in [1.807, 2.05) is 6.07 Å². The highest BCUT2D eigenvalue weighted by atomic mass is 15.3. The monoisotopic (exact) mass is 251 g/mol. The maximum absolute atomic E-state index is 5.41. The summed E-state index contributed by atoms with van der Waals surface area (Å²) < 4.78 is 0. The van der Waals surface area contributed by atoms with Gasteiger partial charge in [0.2, 0.25) is 0 Å². The van der Waals surface area contributed by atoms with Gasteiger partial charge in [0.25, 0.3) is 0 Å². The van der Waals surface area contributed by atoms with Crippen LogP contribution >= 0.6 is 0 Å². The molecule has 0 aliphatic rings. The van der Waals surface area contributed by atoms with Crippen molar-refractivity contribution in [2.75, 3.05) is 17.3 Å². The summed E-state index contributed by atoms with van der Waals surface area (Å²) in [5.74, 6) is 7.74. The Morgan fingerprint density at radius 3 is 2.44 bits per heavy atom. The van der Waals surface area contributed by atoms with Crippen LogP contribution in [0.3, 0.4) is 0 Å². The molecule has 0 aliphatic carbocycles. The van der Waals surface area contributed by atoms with Gasteiger partial charge in [-0.2, -0.15) is 0 Å². The zero-order valence-electron chi connectivity index (χ0n) is 11.9. The Bertz CT molecular complexity index is 370. The fourth-order valence-electron chi connectivity index (χ4n) is 1.56. The van der Waals surface area contributed by atoms with Crippen molar-refractivity contribution < 1.29 is 0 Å². The lowest BCUT2D eigenvalue weighted by molar-refractivity contribution is 0.389.